The molecular formula is C16H17NO3. The summed E-state index contributed by atoms with van der Waals surface area (Å²) in [6, 6.07) is 14.8. The van der Waals surface area contributed by atoms with Crippen molar-refractivity contribution in [2.24, 2.45) is 0 Å². The normalized spacial score (nSPS) is 10.2. The minimum absolute atomic E-state index is 0.0814. The fraction of sp³-hybridized carbons (Fsp3) is 0.188. The summed E-state index contributed by atoms with van der Waals surface area (Å²) < 4.78 is 10.4. The van der Waals surface area contributed by atoms with Crippen molar-refractivity contribution in [3.63, 3.8) is 0 Å². The Morgan fingerprint density at radius 1 is 1.15 bits per heavy atom. The molecule has 2 aromatic carbocycles. The molecule has 0 heterocycles. The van der Waals surface area contributed by atoms with Gasteiger partial charge >= 0.3 is 5.97 Å². The molecule has 0 aromatic heterocycles. The number of nitrogens with two attached hydrogens (primary N) is 1. The van der Waals surface area contributed by atoms with Gasteiger partial charge in [-0.1, -0.05) is 36.4 Å². The van der Waals surface area contributed by atoms with Gasteiger partial charge in [-0.3, -0.25) is 0 Å². The molecule has 104 valence electrons. The maximum atomic E-state index is 11.9. The van der Waals surface area contributed by atoms with E-state index in [9.17, 15) is 4.79 Å². The molecule has 0 radical (unpaired) electrons. The highest BCUT2D eigenvalue weighted by Crippen LogP contribution is 2.13. The minimum Gasteiger partial charge on any atom is -0.435 e. The van der Waals surface area contributed by atoms with Crippen LogP contribution in [0, 0.1) is 6.92 Å². The number of anilines is 1. The van der Waals surface area contributed by atoms with Crippen molar-refractivity contribution in [3.05, 3.63) is 65.2 Å². The smallest absolute Gasteiger partial charge is 0.340 e. The molecular weight excluding hydrogens is 254 g/mol. The number of carbonyl (C=O) groups excluding carboxylic acids is 1. The minimum atomic E-state index is -0.428. The molecule has 2 N–H and O–H groups in total. The largest absolute Gasteiger partial charge is 0.435 e. The fourth-order valence-corrected chi connectivity index (χ4v) is 1.77. The Morgan fingerprint density at radius 2 is 1.90 bits per heavy atom. The zero-order valence-electron chi connectivity index (χ0n) is 11.3. The van der Waals surface area contributed by atoms with Crippen LogP contribution in [0.2, 0.25) is 0 Å². The molecule has 4 heteroatoms. The topological polar surface area (TPSA) is 61.6 Å². The monoisotopic (exact) mass is 271 g/mol. The van der Waals surface area contributed by atoms with E-state index in [1.165, 1.54) is 0 Å². The van der Waals surface area contributed by atoms with Crippen LogP contribution in [0.25, 0.3) is 0 Å². The van der Waals surface area contributed by atoms with Crippen LogP contribution in [0.15, 0.2) is 48.5 Å². The number of ether oxygens (including phenoxy) is 2. The Balaban J connectivity index is 1.82. The SMILES string of the molecule is Cc1ccc(N)cc1C(=O)OCOCc1ccccc1. The van der Waals surface area contributed by atoms with Gasteiger partial charge in [-0.05, 0) is 30.2 Å². The van der Waals surface area contributed by atoms with Gasteiger partial charge in [-0.15, -0.1) is 0 Å². The average Bonchev–Trinajstić information content (AvgIpc) is 2.47. The van der Waals surface area contributed by atoms with Gasteiger partial charge in [-0.2, -0.15) is 0 Å². The molecule has 0 unspecified atom stereocenters. The van der Waals surface area contributed by atoms with Crippen LogP contribution in [0.3, 0.4) is 0 Å². The lowest BCUT2D eigenvalue weighted by molar-refractivity contribution is -0.0381. The van der Waals surface area contributed by atoms with Gasteiger partial charge in [0.05, 0.1) is 12.2 Å². The molecule has 20 heavy (non-hydrogen) atoms. The first kappa shape index (κ1) is 14.1. The van der Waals surface area contributed by atoms with Gasteiger partial charge in [0, 0.05) is 5.69 Å². The number of aryl methyl sites for hydroxylation is 1. The first-order chi connectivity index (χ1) is 9.66. The van der Waals surface area contributed by atoms with Crippen LogP contribution in [0.5, 0.6) is 0 Å². The van der Waals surface area contributed by atoms with Gasteiger partial charge in [0.25, 0.3) is 0 Å². The summed E-state index contributed by atoms with van der Waals surface area (Å²) in [4.78, 5) is 11.9. The van der Waals surface area contributed by atoms with Crippen LogP contribution in [0.1, 0.15) is 21.5 Å². The lowest BCUT2D eigenvalue weighted by Gasteiger charge is -2.08. The van der Waals surface area contributed by atoms with Crippen molar-refractivity contribution in [2.75, 3.05) is 12.5 Å². The molecule has 0 atom stereocenters. The predicted molar refractivity (Wildman–Crippen MR) is 77.1 cm³/mol. The van der Waals surface area contributed by atoms with Crippen LogP contribution in [-0.2, 0) is 16.1 Å². The molecule has 2 aromatic rings. The second-order valence-corrected chi connectivity index (χ2v) is 4.46. The first-order valence-electron chi connectivity index (χ1n) is 6.32. The standard InChI is InChI=1S/C16H17NO3/c1-12-7-8-14(17)9-15(12)16(18)20-11-19-10-13-5-3-2-4-6-13/h2-9H,10-11,17H2,1H3. The number of hydrogen-bond acceptors (Lipinski definition) is 4. The lowest BCUT2D eigenvalue weighted by atomic mass is 10.1. The Morgan fingerprint density at radius 3 is 2.65 bits per heavy atom. The van der Waals surface area contributed by atoms with Crippen molar-refractivity contribution in [3.8, 4) is 0 Å². The molecule has 0 spiro atoms. The number of rotatable bonds is 5. The first-order valence-corrected chi connectivity index (χ1v) is 6.32. The number of nitrogen functional groups attached to an aromatic ring is 1. The summed E-state index contributed by atoms with van der Waals surface area (Å²) in [7, 11) is 0. The van der Waals surface area contributed by atoms with E-state index in [1.807, 2.05) is 37.3 Å². The van der Waals surface area contributed by atoms with E-state index in [0.717, 1.165) is 11.1 Å². The van der Waals surface area contributed by atoms with Crippen LogP contribution in [-0.4, -0.2) is 12.8 Å². The second kappa shape index (κ2) is 6.73. The quantitative estimate of drug-likeness (QED) is 0.393. The number of benzene rings is 2. The van der Waals surface area contributed by atoms with Gasteiger partial charge in [-0.25, -0.2) is 4.79 Å². The summed E-state index contributed by atoms with van der Waals surface area (Å²) in [6.07, 6.45) is 0. The highest BCUT2D eigenvalue weighted by atomic mass is 16.7. The zero-order chi connectivity index (χ0) is 14.4. The summed E-state index contributed by atoms with van der Waals surface area (Å²) in [6.45, 7) is 2.16. The Kier molecular flexibility index (Phi) is 4.74. The third-order valence-corrected chi connectivity index (χ3v) is 2.87. The van der Waals surface area contributed by atoms with E-state index < -0.39 is 5.97 Å². The molecule has 0 saturated carbocycles. The number of carbonyl (C=O) groups is 1. The number of esters is 1. The number of hydrogen-bond donors (Lipinski definition) is 1. The van der Waals surface area contributed by atoms with Gasteiger partial charge in [0.1, 0.15) is 0 Å². The maximum absolute atomic E-state index is 11.9. The molecule has 0 aliphatic carbocycles. The van der Waals surface area contributed by atoms with Crippen LogP contribution >= 0.6 is 0 Å². The van der Waals surface area contributed by atoms with E-state index in [1.54, 1.807) is 18.2 Å². The van der Waals surface area contributed by atoms with E-state index >= 15 is 0 Å². The van der Waals surface area contributed by atoms with Crippen molar-refractivity contribution < 1.29 is 14.3 Å². The summed E-state index contributed by atoms with van der Waals surface area (Å²) in [5, 5.41) is 0. The maximum Gasteiger partial charge on any atom is 0.340 e. The molecule has 0 saturated heterocycles. The zero-order valence-corrected chi connectivity index (χ0v) is 11.3. The predicted octanol–water partition coefficient (Wildman–Crippen LogP) is 2.91. The Labute approximate surface area is 118 Å². The van der Waals surface area contributed by atoms with E-state index in [4.69, 9.17) is 15.2 Å². The molecule has 2 rings (SSSR count). The fourth-order valence-electron chi connectivity index (χ4n) is 1.77. The van der Waals surface area contributed by atoms with Crippen LogP contribution in [0.4, 0.5) is 5.69 Å². The highest BCUT2D eigenvalue weighted by Gasteiger charge is 2.10. The van der Waals surface area contributed by atoms with Crippen LogP contribution < -0.4 is 5.73 Å². The van der Waals surface area contributed by atoms with Crippen molar-refractivity contribution in [2.45, 2.75) is 13.5 Å². The van der Waals surface area contributed by atoms with E-state index in [0.29, 0.717) is 17.9 Å². The third-order valence-electron chi connectivity index (χ3n) is 2.87. The molecule has 0 fully saturated rings. The third kappa shape index (κ3) is 3.83. The van der Waals surface area contributed by atoms with Gasteiger partial charge < -0.3 is 15.2 Å². The Hall–Kier alpha value is -2.33. The molecule has 0 aliphatic heterocycles. The van der Waals surface area contributed by atoms with Gasteiger partial charge in [0.15, 0.2) is 6.79 Å². The van der Waals surface area contributed by atoms with Crippen molar-refractivity contribution >= 4 is 11.7 Å². The van der Waals surface area contributed by atoms with E-state index in [-0.39, 0.29) is 6.79 Å². The van der Waals surface area contributed by atoms with E-state index in [2.05, 4.69) is 0 Å². The Bertz CT molecular complexity index is 582. The second-order valence-electron chi connectivity index (χ2n) is 4.46. The van der Waals surface area contributed by atoms with Crippen molar-refractivity contribution in [1.29, 1.82) is 0 Å². The molecule has 4 nitrogen and oxygen atoms in total. The lowest BCUT2D eigenvalue weighted by Crippen LogP contribution is -2.10. The van der Waals surface area contributed by atoms with Gasteiger partial charge in [0.2, 0.25) is 0 Å². The summed E-state index contributed by atoms with van der Waals surface area (Å²) in [5.41, 5.74) is 8.52. The molecule has 0 aliphatic rings. The summed E-state index contributed by atoms with van der Waals surface area (Å²) >= 11 is 0. The summed E-state index contributed by atoms with van der Waals surface area (Å²) in [5.74, 6) is -0.428. The molecule has 0 amide bonds. The average molecular weight is 271 g/mol. The van der Waals surface area contributed by atoms with Crippen molar-refractivity contribution in [1.82, 2.24) is 0 Å². The molecule has 0 bridgehead atoms. The highest BCUT2D eigenvalue weighted by molar-refractivity contribution is 5.92.